The molecule has 0 radical (unpaired) electrons. The molecule has 0 saturated carbocycles. The number of benzene rings is 2. The van der Waals surface area contributed by atoms with Gasteiger partial charge in [0.1, 0.15) is 0 Å². The van der Waals surface area contributed by atoms with Crippen LogP contribution < -0.4 is 4.90 Å². The number of carboxylic acid groups (broad SMARTS) is 1. The summed E-state index contributed by atoms with van der Waals surface area (Å²) in [5.41, 5.74) is 1.70. The Hall–Kier alpha value is -3.13. The first-order valence-electron chi connectivity index (χ1n) is 7.15. The van der Waals surface area contributed by atoms with Crippen molar-refractivity contribution in [1.82, 2.24) is 0 Å². The van der Waals surface area contributed by atoms with E-state index in [2.05, 4.69) is 0 Å². The minimum Gasteiger partial charge on any atom is -0.481 e. The topological polar surface area (TPSA) is 81.4 Å². The second-order valence-corrected chi connectivity index (χ2v) is 5.02. The van der Waals surface area contributed by atoms with Crippen molar-refractivity contribution < 1.29 is 14.7 Å². The molecule has 5 nitrogen and oxygen atoms in total. The number of nitrogens with zero attached hydrogens (tertiary/aromatic N) is 2. The molecule has 0 aromatic heterocycles. The molecular weight excluding hydrogens is 292 g/mol. The molecule has 0 atom stereocenters. The molecule has 1 N–H and O–H groups in total. The maximum Gasteiger partial charge on any atom is 0.305 e. The average Bonchev–Trinajstić information content (AvgIpc) is 2.59. The van der Waals surface area contributed by atoms with Crippen molar-refractivity contribution in [3.05, 3.63) is 65.7 Å². The molecular formula is C18H16N2O3. The fraction of sp³-hybridized carbons (Fsp3) is 0.167. The third kappa shape index (κ3) is 4.68. The fourth-order valence-corrected chi connectivity index (χ4v) is 2.19. The number of ketones is 1. The first-order chi connectivity index (χ1) is 11.1. The predicted octanol–water partition coefficient (Wildman–Crippen LogP) is 2.72. The first-order valence-corrected chi connectivity index (χ1v) is 7.15. The molecule has 0 aliphatic rings. The third-order valence-corrected chi connectivity index (χ3v) is 3.37. The molecule has 0 spiro atoms. The molecule has 0 saturated heterocycles. The molecule has 116 valence electrons. The van der Waals surface area contributed by atoms with Crippen molar-refractivity contribution in [2.45, 2.75) is 6.42 Å². The molecule has 0 bridgehead atoms. The van der Waals surface area contributed by atoms with Crippen molar-refractivity contribution in [2.75, 3.05) is 18.0 Å². The minimum absolute atomic E-state index is 0.0617. The number of carbonyl (C=O) groups is 2. The summed E-state index contributed by atoms with van der Waals surface area (Å²) in [6.45, 7) is 0.259. The Bertz CT molecular complexity index is 735. The zero-order valence-electron chi connectivity index (χ0n) is 12.5. The van der Waals surface area contributed by atoms with Crippen molar-refractivity contribution in [2.24, 2.45) is 0 Å². The van der Waals surface area contributed by atoms with E-state index in [1.165, 1.54) is 0 Å². The Kier molecular flexibility index (Phi) is 5.48. The summed E-state index contributed by atoms with van der Waals surface area (Å²) in [6.07, 6.45) is -0.0845. The van der Waals surface area contributed by atoms with Crippen molar-refractivity contribution in [3.63, 3.8) is 0 Å². The minimum atomic E-state index is -0.932. The normalized spacial score (nSPS) is 9.87. The monoisotopic (exact) mass is 308 g/mol. The molecule has 2 rings (SSSR count). The van der Waals surface area contributed by atoms with Crippen LogP contribution in [0.3, 0.4) is 0 Å². The van der Waals surface area contributed by atoms with E-state index in [9.17, 15) is 9.59 Å². The van der Waals surface area contributed by atoms with Crippen LogP contribution in [0.4, 0.5) is 5.69 Å². The number of nitriles is 1. The highest BCUT2D eigenvalue weighted by molar-refractivity contribution is 5.99. The Morgan fingerprint density at radius 3 is 2.48 bits per heavy atom. The van der Waals surface area contributed by atoms with Gasteiger partial charge in [-0.05, 0) is 18.2 Å². The third-order valence-electron chi connectivity index (χ3n) is 3.37. The van der Waals surface area contributed by atoms with Crippen LogP contribution >= 0.6 is 0 Å². The number of hydrogen-bond acceptors (Lipinski definition) is 4. The van der Waals surface area contributed by atoms with Crippen LogP contribution in [0.1, 0.15) is 22.3 Å². The Labute approximate surface area is 134 Å². The lowest BCUT2D eigenvalue weighted by Crippen LogP contribution is -2.32. The van der Waals surface area contributed by atoms with Crippen LogP contribution in [0.15, 0.2) is 54.6 Å². The van der Waals surface area contributed by atoms with Gasteiger partial charge in [0.05, 0.1) is 24.6 Å². The Morgan fingerprint density at radius 2 is 1.83 bits per heavy atom. The highest BCUT2D eigenvalue weighted by Crippen LogP contribution is 2.17. The summed E-state index contributed by atoms with van der Waals surface area (Å²) in [5, 5.41) is 17.9. The van der Waals surface area contributed by atoms with Gasteiger partial charge in [-0.25, -0.2) is 0 Å². The lowest BCUT2D eigenvalue weighted by Gasteiger charge is -2.23. The van der Waals surface area contributed by atoms with Crippen LogP contribution in [-0.4, -0.2) is 29.9 Å². The SMILES string of the molecule is N#Cc1cccc(N(CCC(=O)O)CC(=O)c2ccccc2)c1. The first kappa shape index (κ1) is 16.2. The van der Waals surface area contributed by atoms with Gasteiger partial charge in [-0.3, -0.25) is 9.59 Å². The maximum atomic E-state index is 12.4. The van der Waals surface area contributed by atoms with E-state index >= 15 is 0 Å². The number of anilines is 1. The highest BCUT2D eigenvalue weighted by atomic mass is 16.4. The van der Waals surface area contributed by atoms with Crippen molar-refractivity contribution in [1.29, 1.82) is 5.26 Å². The molecule has 0 heterocycles. The van der Waals surface area contributed by atoms with Gasteiger partial charge >= 0.3 is 5.97 Å². The number of rotatable bonds is 7. The van der Waals surface area contributed by atoms with E-state index in [1.807, 2.05) is 12.1 Å². The molecule has 0 aliphatic heterocycles. The lowest BCUT2D eigenvalue weighted by molar-refractivity contribution is -0.136. The highest BCUT2D eigenvalue weighted by Gasteiger charge is 2.15. The summed E-state index contributed by atoms with van der Waals surface area (Å²) in [4.78, 5) is 24.9. The van der Waals surface area contributed by atoms with Gasteiger partial charge in [-0.15, -0.1) is 0 Å². The van der Waals surface area contributed by atoms with Crippen LogP contribution in [0, 0.1) is 11.3 Å². The zero-order valence-corrected chi connectivity index (χ0v) is 12.5. The number of carbonyl (C=O) groups excluding carboxylic acids is 1. The van der Waals surface area contributed by atoms with Crippen molar-refractivity contribution >= 4 is 17.4 Å². The van der Waals surface area contributed by atoms with Crippen LogP contribution in [0.5, 0.6) is 0 Å². The molecule has 5 heteroatoms. The molecule has 0 amide bonds. The van der Waals surface area contributed by atoms with Crippen LogP contribution in [-0.2, 0) is 4.79 Å². The quantitative estimate of drug-likeness (QED) is 0.795. The fourth-order valence-electron chi connectivity index (χ4n) is 2.19. The molecule has 0 unspecified atom stereocenters. The van der Waals surface area contributed by atoms with Crippen LogP contribution in [0.25, 0.3) is 0 Å². The Balaban J connectivity index is 2.21. The van der Waals surface area contributed by atoms with E-state index in [-0.39, 0.29) is 25.3 Å². The second kappa shape index (κ2) is 7.76. The number of carboxylic acids is 1. The second-order valence-electron chi connectivity index (χ2n) is 5.02. The standard InChI is InChI=1S/C18H16N2O3/c19-12-14-5-4-8-16(11-14)20(10-9-18(22)23)13-17(21)15-6-2-1-3-7-15/h1-8,11H,9-10,13H2,(H,22,23). The molecule has 0 fully saturated rings. The van der Waals surface area contributed by atoms with Gasteiger partial charge in [0, 0.05) is 17.8 Å². The van der Waals surface area contributed by atoms with E-state index in [0.29, 0.717) is 16.8 Å². The van der Waals surface area contributed by atoms with Gasteiger partial charge in [0.25, 0.3) is 0 Å². The molecule has 23 heavy (non-hydrogen) atoms. The number of Topliss-reactive ketones (excluding diaryl/α,β-unsaturated/α-hetero) is 1. The Morgan fingerprint density at radius 1 is 1.09 bits per heavy atom. The summed E-state index contributed by atoms with van der Waals surface area (Å²) < 4.78 is 0. The van der Waals surface area contributed by atoms with Gasteiger partial charge in [0.15, 0.2) is 5.78 Å². The summed E-state index contributed by atoms with van der Waals surface area (Å²) in [5.74, 6) is -1.03. The van der Waals surface area contributed by atoms with Gasteiger partial charge < -0.3 is 10.0 Å². The summed E-state index contributed by atoms with van der Waals surface area (Å²) >= 11 is 0. The van der Waals surface area contributed by atoms with Crippen molar-refractivity contribution in [3.8, 4) is 6.07 Å². The van der Waals surface area contributed by atoms with E-state index < -0.39 is 5.97 Å². The maximum absolute atomic E-state index is 12.4. The van der Waals surface area contributed by atoms with E-state index in [0.717, 1.165) is 0 Å². The summed E-state index contributed by atoms with van der Waals surface area (Å²) in [7, 11) is 0. The zero-order chi connectivity index (χ0) is 16.7. The lowest BCUT2D eigenvalue weighted by atomic mass is 10.1. The van der Waals surface area contributed by atoms with E-state index in [1.54, 1.807) is 53.4 Å². The van der Waals surface area contributed by atoms with Gasteiger partial charge in [-0.2, -0.15) is 5.26 Å². The van der Waals surface area contributed by atoms with Gasteiger partial charge in [0.2, 0.25) is 0 Å². The number of aliphatic carboxylic acids is 1. The predicted molar refractivity (Wildman–Crippen MR) is 86.4 cm³/mol. The largest absolute Gasteiger partial charge is 0.481 e. The average molecular weight is 308 g/mol. The molecule has 2 aromatic rings. The molecule has 0 aliphatic carbocycles. The van der Waals surface area contributed by atoms with E-state index in [4.69, 9.17) is 10.4 Å². The van der Waals surface area contributed by atoms with Gasteiger partial charge in [-0.1, -0.05) is 36.4 Å². The summed E-state index contributed by atoms with van der Waals surface area (Å²) in [6, 6.07) is 17.7. The number of hydrogen-bond donors (Lipinski definition) is 1. The van der Waals surface area contributed by atoms with Crippen LogP contribution in [0.2, 0.25) is 0 Å². The molecule has 2 aromatic carbocycles. The smallest absolute Gasteiger partial charge is 0.305 e.